The van der Waals surface area contributed by atoms with Crippen molar-refractivity contribution in [1.29, 1.82) is 0 Å². The summed E-state index contributed by atoms with van der Waals surface area (Å²) in [7, 11) is 1.75. The van der Waals surface area contributed by atoms with E-state index in [0.717, 1.165) is 5.56 Å². The van der Waals surface area contributed by atoms with Crippen LogP contribution in [0, 0.1) is 0 Å². The molecule has 0 spiro atoms. The number of hydrogen-bond acceptors (Lipinski definition) is 5. The number of pyridine rings is 2. The largest absolute Gasteiger partial charge is 0.337 e. The Hall–Kier alpha value is -2.47. The van der Waals surface area contributed by atoms with Gasteiger partial charge in [-0.25, -0.2) is 10.8 Å². The first-order valence-corrected chi connectivity index (χ1v) is 5.77. The Morgan fingerprint density at radius 3 is 2.74 bits per heavy atom. The average molecular weight is 257 g/mol. The molecule has 0 aliphatic rings. The Balaban J connectivity index is 2.10. The van der Waals surface area contributed by atoms with Crippen LogP contribution in [0.2, 0.25) is 0 Å². The standard InChI is InChI=1S/C13H15N5O/c1-18(9-10-2-5-15-6-3-10)13(19)11-4-7-16-12(8-11)17-14/h2-8H,9,14H2,1H3,(H,16,17). The van der Waals surface area contributed by atoms with E-state index in [1.54, 1.807) is 42.7 Å². The molecule has 0 atom stereocenters. The Kier molecular flexibility index (Phi) is 4.04. The number of nitrogens with one attached hydrogen (secondary N) is 1. The zero-order chi connectivity index (χ0) is 13.7. The molecule has 0 radical (unpaired) electrons. The fourth-order valence-corrected chi connectivity index (χ4v) is 1.70. The van der Waals surface area contributed by atoms with E-state index in [1.165, 1.54) is 0 Å². The fraction of sp³-hybridized carbons (Fsp3) is 0.154. The molecule has 2 aromatic heterocycles. The van der Waals surface area contributed by atoms with Crippen molar-refractivity contribution in [3.8, 4) is 0 Å². The monoisotopic (exact) mass is 257 g/mol. The third kappa shape index (κ3) is 3.26. The van der Waals surface area contributed by atoms with Crippen LogP contribution in [0.1, 0.15) is 15.9 Å². The number of carbonyl (C=O) groups is 1. The number of nitrogens with two attached hydrogens (primary N) is 1. The second kappa shape index (κ2) is 5.92. The molecular weight excluding hydrogens is 242 g/mol. The summed E-state index contributed by atoms with van der Waals surface area (Å²) in [6, 6.07) is 7.03. The topological polar surface area (TPSA) is 84.1 Å². The number of nitrogen functional groups attached to an aromatic ring is 1. The predicted octanol–water partition coefficient (Wildman–Crippen LogP) is 1.03. The van der Waals surface area contributed by atoms with Gasteiger partial charge in [0.05, 0.1) is 0 Å². The first-order chi connectivity index (χ1) is 9.20. The van der Waals surface area contributed by atoms with Gasteiger partial charge in [0, 0.05) is 37.7 Å². The number of hydrazine groups is 1. The molecule has 6 nitrogen and oxygen atoms in total. The van der Waals surface area contributed by atoms with Crippen LogP contribution in [0.25, 0.3) is 0 Å². The Morgan fingerprint density at radius 1 is 1.32 bits per heavy atom. The molecular formula is C13H15N5O. The smallest absolute Gasteiger partial charge is 0.254 e. The van der Waals surface area contributed by atoms with Crippen molar-refractivity contribution >= 4 is 11.7 Å². The van der Waals surface area contributed by atoms with Gasteiger partial charge >= 0.3 is 0 Å². The second-order valence-corrected chi connectivity index (χ2v) is 4.09. The Labute approximate surface area is 111 Å². The lowest BCUT2D eigenvalue weighted by molar-refractivity contribution is 0.0785. The highest BCUT2D eigenvalue weighted by Crippen LogP contribution is 2.10. The highest BCUT2D eigenvalue weighted by Gasteiger charge is 2.12. The van der Waals surface area contributed by atoms with E-state index >= 15 is 0 Å². The van der Waals surface area contributed by atoms with E-state index in [9.17, 15) is 4.79 Å². The van der Waals surface area contributed by atoms with Gasteiger partial charge in [-0.3, -0.25) is 9.78 Å². The molecule has 2 heterocycles. The Bertz CT molecular complexity index is 558. The lowest BCUT2D eigenvalue weighted by Crippen LogP contribution is -2.26. The highest BCUT2D eigenvalue weighted by atomic mass is 16.2. The van der Waals surface area contributed by atoms with E-state index in [4.69, 9.17) is 5.84 Å². The maximum absolute atomic E-state index is 12.2. The van der Waals surface area contributed by atoms with Gasteiger partial charge in [-0.15, -0.1) is 0 Å². The lowest BCUT2D eigenvalue weighted by Gasteiger charge is -2.17. The molecule has 0 fully saturated rings. The molecule has 6 heteroatoms. The number of nitrogens with zero attached hydrogens (tertiary/aromatic N) is 3. The van der Waals surface area contributed by atoms with Gasteiger partial charge < -0.3 is 10.3 Å². The van der Waals surface area contributed by atoms with Crippen molar-refractivity contribution < 1.29 is 4.79 Å². The van der Waals surface area contributed by atoms with Crippen LogP contribution >= 0.6 is 0 Å². The Morgan fingerprint density at radius 2 is 2.05 bits per heavy atom. The molecule has 0 saturated heterocycles. The summed E-state index contributed by atoms with van der Waals surface area (Å²) in [5.74, 6) is 5.65. The van der Waals surface area contributed by atoms with Crippen LogP contribution in [0.3, 0.4) is 0 Å². The zero-order valence-electron chi connectivity index (χ0n) is 10.6. The van der Waals surface area contributed by atoms with Crippen LogP contribution in [0.4, 0.5) is 5.82 Å². The lowest BCUT2D eigenvalue weighted by atomic mass is 10.2. The molecule has 0 aliphatic heterocycles. The first kappa shape index (κ1) is 13.0. The van der Waals surface area contributed by atoms with Gasteiger partial charge in [0.2, 0.25) is 0 Å². The molecule has 98 valence electrons. The molecule has 2 rings (SSSR count). The summed E-state index contributed by atoms with van der Waals surface area (Å²) < 4.78 is 0. The fourth-order valence-electron chi connectivity index (χ4n) is 1.70. The van der Waals surface area contributed by atoms with Crippen molar-refractivity contribution in [2.45, 2.75) is 6.54 Å². The van der Waals surface area contributed by atoms with Crippen molar-refractivity contribution in [2.75, 3.05) is 12.5 Å². The average Bonchev–Trinajstić information content (AvgIpc) is 2.47. The summed E-state index contributed by atoms with van der Waals surface area (Å²) >= 11 is 0. The van der Waals surface area contributed by atoms with Gasteiger partial charge in [0.15, 0.2) is 0 Å². The van der Waals surface area contributed by atoms with E-state index in [2.05, 4.69) is 15.4 Å². The van der Waals surface area contributed by atoms with Crippen LogP contribution in [-0.2, 0) is 6.54 Å². The quantitative estimate of drug-likeness (QED) is 0.631. The summed E-state index contributed by atoms with van der Waals surface area (Å²) in [4.78, 5) is 21.8. The number of rotatable bonds is 4. The molecule has 19 heavy (non-hydrogen) atoms. The number of hydrogen-bond donors (Lipinski definition) is 2. The van der Waals surface area contributed by atoms with Gasteiger partial charge in [-0.2, -0.15) is 0 Å². The molecule has 0 saturated carbocycles. The van der Waals surface area contributed by atoms with Gasteiger partial charge in [-0.1, -0.05) is 0 Å². The molecule has 0 aromatic carbocycles. The van der Waals surface area contributed by atoms with Gasteiger partial charge in [0.25, 0.3) is 5.91 Å². The van der Waals surface area contributed by atoms with Crippen molar-refractivity contribution in [3.05, 3.63) is 54.0 Å². The third-order valence-electron chi connectivity index (χ3n) is 2.67. The van der Waals surface area contributed by atoms with E-state index in [-0.39, 0.29) is 5.91 Å². The normalized spacial score (nSPS) is 10.0. The minimum Gasteiger partial charge on any atom is -0.337 e. The summed E-state index contributed by atoms with van der Waals surface area (Å²) in [5, 5.41) is 0. The maximum atomic E-state index is 12.2. The van der Waals surface area contributed by atoms with Crippen molar-refractivity contribution in [3.63, 3.8) is 0 Å². The predicted molar refractivity (Wildman–Crippen MR) is 72.1 cm³/mol. The summed E-state index contributed by atoms with van der Waals surface area (Å²) in [5.41, 5.74) is 3.99. The van der Waals surface area contributed by atoms with Gasteiger partial charge in [0.1, 0.15) is 5.82 Å². The summed E-state index contributed by atoms with van der Waals surface area (Å²) in [6.07, 6.45) is 4.95. The minimum atomic E-state index is -0.0873. The third-order valence-corrected chi connectivity index (χ3v) is 2.67. The SMILES string of the molecule is CN(Cc1ccncc1)C(=O)c1ccnc(NN)c1. The van der Waals surface area contributed by atoms with Gasteiger partial charge in [-0.05, 0) is 29.8 Å². The molecule has 1 amide bonds. The summed E-state index contributed by atoms with van der Waals surface area (Å²) in [6.45, 7) is 0.523. The molecule has 2 aromatic rings. The number of aromatic nitrogens is 2. The van der Waals surface area contributed by atoms with Crippen LogP contribution < -0.4 is 11.3 Å². The highest BCUT2D eigenvalue weighted by molar-refractivity contribution is 5.94. The molecule has 0 aliphatic carbocycles. The van der Waals surface area contributed by atoms with E-state index < -0.39 is 0 Å². The number of anilines is 1. The minimum absolute atomic E-state index is 0.0873. The number of carbonyl (C=O) groups excluding carboxylic acids is 1. The van der Waals surface area contributed by atoms with E-state index in [1.807, 2.05) is 12.1 Å². The molecule has 0 unspecified atom stereocenters. The zero-order valence-corrected chi connectivity index (χ0v) is 10.6. The van der Waals surface area contributed by atoms with E-state index in [0.29, 0.717) is 17.9 Å². The van der Waals surface area contributed by atoms with Crippen molar-refractivity contribution in [1.82, 2.24) is 14.9 Å². The van der Waals surface area contributed by atoms with Crippen LogP contribution in [0.5, 0.6) is 0 Å². The van der Waals surface area contributed by atoms with Crippen LogP contribution in [-0.4, -0.2) is 27.8 Å². The van der Waals surface area contributed by atoms with Crippen LogP contribution in [0.15, 0.2) is 42.9 Å². The number of amides is 1. The maximum Gasteiger partial charge on any atom is 0.254 e. The molecule has 0 bridgehead atoms. The molecule has 3 N–H and O–H groups in total. The second-order valence-electron chi connectivity index (χ2n) is 4.09. The first-order valence-electron chi connectivity index (χ1n) is 5.77. The van der Waals surface area contributed by atoms with Crippen molar-refractivity contribution in [2.24, 2.45) is 5.84 Å².